The fraction of sp³-hybridized carbons (Fsp3) is 0.464. The summed E-state index contributed by atoms with van der Waals surface area (Å²) >= 11 is 7.71. The Morgan fingerprint density at radius 3 is 2.69 bits per heavy atom. The van der Waals surface area contributed by atoms with Crippen LogP contribution in [0.2, 0.25) is 5.02 Å². The van der Waals surface area contributed by atoms with E-state index in [0.717, 1.165) is 0 Å². The fourth-order valence-electron chi connectivity index (χ4n) is 5.65. The molecule has 2 saturated heterocycles. The second-order valence-electron chi connectivity index (χ2n) is 11.2. The largest absolute Gasteiger partial charge is 0.480 e. The zero-order chi connectivity index (χ0) is 30.3. The van der Waals surface area contributed by atoms with E-state index in [0.29, 0.717) is 23.1 Å². The molecular formula is C28H32ClFN6O5S. The van der Waals surface area contributed by atoms with Crippen molar-refractivity contribution in [2.45, 2.75) is 51.4 Å². The number of carboxylic acid groups (broad SMARTS) is 1. The van der Waals surface area contributed by atoms with Crippen molar-refractivity contribution in [3.63, 3.8) is 0 Å². The number of aliphatic carboxylic acids is 1. The van der Waals surface area contributed by atoms with Gasteiger partial charge in [0, 0.05) is 54.6 Å². The first-order chi connectivity index (χ1) is 19.9. The Morgan fingerprint density at radius 1 is 1.29 bits per heavy atom. The number of piperazine rings is 1. The number of fused-ring (bicyclic) bond motifs is 1. The van der Waals surface area contributed by atoms with E-state index >= 15 is 0 Å². The van der Waals surface area contributed by atoms with Crippen molar-refractivity contribution >= 4 is 46.7 Å². The third-order valence-electron chi connectivity index (χ3n) is 7.59. The van der Waals surface area contributed by atoms with E-state index < -0.39 is 41.4 Å². The molecular weight excluding hydrogens is 587 g/mol. The Labute approximate surface area is 251 Å². The maximum absolute atomic E-state index is 14.6. The summed E-state index contributed by atoms with van der Waals surface area (Å²) in [6, 6.07) is 1.40. The second-order valence-corrected chi connectivity index (χ2v) is 12.4. The number of urea groups is 1. The van der Waals surface area contributed by atoms with Crippen LogP contribution in [0.3, 0.4) is 0 Å². The number of benzene rings is 1. The van der Waals surface area contributed by atoms with Gasteiger partial charge in [-0.1, -0.05) is 23.7 Å². The van der Waals surface area contributed by atoms with Crippen LogP contribution in [0, 0.1) is 5.82 Å². The fourth-order valence-corrected chi connectivity index (χ4v) is 6.47. The molecule has 0 spiro atoms. The Balaban J connectivity index is 1.58. The van der Waals surface area contributed by atoms with Crippen LogP contribution >= 0.6 is 22.9 Å². The highest BCUT2D eigenvalue weighted by atomic mass is 35.5. The first-order valence-corrected chi connectivity index (χ1v) is 14.8. The molecule has 0 saturated carbocycles. The Hall–Kier alpha value is -3.55. The van der Waals surface area contributed by atoms with Gasteiger partial charge in [0.15, 0.2) is 10.8 Å². The molecule has 2 amide bonds. The molecule has 1 aromatic heterocycles. The number of amides is 2. The number of aliphatic imine (C=N–C) groups is 1. The average Bonchev–Trinajstić information content (AvgIpc) is 3.58. The minimum absolute atomic E-state index is 0.00695. The van der Waals surface area contributed by atoms with Crippen LogP contribution in [-0.2, 0) is 14.3 Å². The highest BCUT2D eigenvalue weighted by Gasteiger charge is 2.52. The van der Waals surface area contributed by atoms with E-state index in [1.54, 1.807) is 39.3 Å². The molecule has 224 valence electrons. The van der Waals surface area contributed by atoms with E-state index in [9.17, 15) is 23.9 Å². The number of thiazole rings is 1. The number of ether oxygens (including phenoxy) is 1. The second kappa shape index (κ2) is 11.6. The lowest BCUT2D eigenvalue weighted by Gasteiger charge is -2.42. The summed E-state index contributed by atoms with van der Waals surface area (Å²) in [5, 5.41) is 15.7. The van der Waals surface area contributed by atoms with Gasteiger partial charge in [-0.2, -0.15) is 0 Å². The monoisotopic (exact) mass is 618 g/mol. The van der Waals surface area contributed by atoms with Crippen molar-refractivity contribution in [3.8, 4) is 0 Å². The van der Waals surface area contributed by atoms with Crippen LogP contribution in [0.15, 0.2) is 46.0 Å². The summed E-state index contributed by atoms with van der Waals surface area (Å²) in [6.07, 6.45) is 1.61. The molecule has 3 atom stereocenters. The third kappa shape index (κ3) is 5.48. The number of aromatic nitrogens is 1. The lowest BCUT2D eigenvalue weighted by molar-refractivity contribution is -0.147. The molecule has 4 heterocycles. The maximum Gasteiger partial charge on any atom is 0.338 e. The van der Waals surface area contributed by atoms with Crippen molar-refractivity contribution in [1.82, 2.24) is 25.0 Å². The van der Waals surface area contributed by atoms with Crippen LogP contribution < -0.4 is 5.32 Å². The molecule has 2 fully saturated rings. The van der Waals surface area contributed by atoms with Gasteiger partial charge in [0.1, 0.15) is 17.9 Å². The molecule has 42 heavy (non-hydrogen) atoms. The number of nitrogens with zero attached hydrogens (tertiary/aromatic N) is 5. The first kappa shape index (κ1) is 29.9. The van der Waals surface area contributed by atoms with E-state index in [4.69, 9.17) is 21.3 Å². The smallest absolute Gasteiger partial charge is 0.338 e. The van der Waals surface area contributed by atoms with Gasteiger partial charge in [0.05, 0.1) is 23.2 Å². The zero-order valence-electron chi connectivity index (χ0n) is 23.6. The van der Waals surface area contributed by atoms with Gasteiger partial charge >= 0.3 is 18.0 Å². The molecule has 11 nitrogen and oxygen atoms in total. The SMILES string of the molecule is CCOC(=O)C1=C(CN2CCN3C(=O)N(C(C)(C)C)C[C@@H]3[C@H]2C(=O)O)NC(c2nccs2)=N[C@H]1c1cccc(F)c1Cl. The number of hydrogen-bond acceptors (Lipinski definition) is 9. The summed E-state index contributed by atoms with van der Waals surface area (Å²) in [7, 11) is 0. The molecule has 0 bridgehead atoms. The van der Waals surface area contributed by atoms with Crippen LogP contribution in [0.25, 0.3) is 0 Å². The quantitative estimate of drug-likeness (QED) is 0.451. The minimum Gasteiger partial charge on any atom is -0.480 e. The van der Waals surface area contributed by atoms with Gasteiger partial charge in [-0.05, 0) is 33.8 Å². The van der Waals surface area contributed by atoms with Crippen LogP contribution in [0.1, 0.15) is 44.3 Å². The van der Waals surface area contributed by atoms with Gasteiger partial charge in [-0.15, -0.1) is 11.3 Å². The Bertz CT molecular complexity index is 1460. The van der Waals surface area contributed by atoms with Crippen LogP contribution in [0.4, 0.5) is 9.18 Å². The third-order valence-corrected chi connectivity index (χ3v) is 8.77. The van der Waals surface area contributed by atoms with Gasteiger partial charge in [-0.3, -0.25) is 14.7 Å². The van der Waals surface area contributed by atoms with Crippen LogP contribution in [0.5, 0.6) is 0 Å². The van der Waals surface area contributed by atoms with Crippen LogP contribution in [-0.4, -0.2) is 99.0 Å². The predicted molar refractivity (Wildman–Crippen MR) is 155 cm³/mol. The van der Waals surface area contributed by atoms with Gasteiger partial charge in [-0.25, -0.2) is 19.0 Å². The number of carboxylic acids is 1. The van der Waals surface area contributed by atoms with Crippen molar-refractivity contribution in [3.05, 3.63) is 62.5 Å². The number of carbonyl (C=O) groups is 3. The summed E-state index contributed by atoms with van der Waals surface area (Å²) in [6.45, 7) is 8.28. The molecule has 0 unspecified atom stereocenters. The van der Waals surface area contributed by atoms with Crippen molar-refractivity contribution in [1.29, 1.82) is 0 Å². The Morgan fingerprint density at radius 2 is 2.05 bits per heavy atom. The summed E-state index contributed by atoms with van der Waals surface area (Å²) < 4.78 is 20.0. The zero-order valence-corrected chi connectivity index (χ0v) is 25.2. The van der Waals surface area contributed by atoms with Gasteiger partial charge < -0.3 is 25.0 Å². The lowest BCUT2D eigenvalue weighted by atomic mass is 9.94. The molecule has 2 aromatic rings. The van der Waals surface area contributed by atoms with E-state index in [-0.39, 0.29) is 48.4 Å². The normalized spacial score (nSPS) is 23.0. The highest BCUT2D eigenvalue weighted by Crippen LogP contribution is 2.38. The number of esters is 1. The summed E-state index contributed by atoms with van der Waals surface area (Å²) in [5.74, 6) is -2.10. The molecule has 5 rings (SSSR count). The lowest BCUT2D eigenvalue weighted by Crippen LogP contribution is -2.62. The number of rotatable bonds is 7. The van der Waals surface area contributed by atoms with Crippen molar-refractivity contribution in [2.75, 3.05) is 32.8 Å². The average molecular weight is 619 g/mol. The van der Waals surface area contributed by atoms with Crippen molar-refractivity contribution in [2.24, 2.45) is 4.99 Å². The standard InChI is InChI=1S/C28H32ClFN6O5S/c1-5-41-26(39)19-17(13-34-10-11-35-18(22(34)25(37)38)14-36(27(35)40)28(2,3)4)32-23(24-31-9-12-42-24)33-21(19)15-7-6-8-16(30)20(15)29/h6-9,12,18,21-22H,5,10-11,13-14H2,1-4H3,(H,32,33)(H,37,38)/t18-,21+,22+/m1/s1. The molecule has 3 aliphatic rings. The maximum atomic E-state index is 14.6. The molecule has 0 radical (unpaired) electrons. The van der Waals surface area contributed by atoms with Crippen molar-refractivity contribution < 1.29 is 28.6 Å². The van der Waals surface area contributed by atoms with E-state index in [2.05, 4.69) is 10.3 Å². The Kier molecular flexibility index (Phi) is 8.28. The number of nitrogens with one attached hydrogen (secondary N) is 1. The number of amidine groups is 1. The van der Waals surface area contributed by atoms with E-state index in [1.165, 1.54) is 23.5 Å². The number of carbonyl (C=O) groups excluding carboxylic acids is 2. The summed E-state index contributed by atoms with van der Waals surface area (Å²) in [5.41, 5.74) is 0.212. The molecule has 14 heteroatoms. The highest BCUT2D eigenvalue weighted by molar-refractivity contribution is 7.11. The first-order valence-electron chi connectivity index (χ1n) is 13.6. The molecule has 2 N–H and O–H groups in total. The van der Waals surface area contributed by atoms with E-state index in [1.807, 2.05) is 20.8 Å². The number of halogens is 2. The van der Waals surface area contributed by atoms with Gasteiger partial charge in [0.25, 0.3) is 0 Å². The topological polar surface area (TPSA) is 128 Å². The molecule has 0 aliphatic carbocycles. The number of hydrogen-bond donors (Lipinski definition) is 2. The molecule has 1 aromatic carbocycles. The minimum atomic E-state index is -1.08. The summed E-state index contributed by atoms with van der Waals surface area (Å²) in [4.78, 5) is 53.5. The predicted octanol–water partition coefficient (Wildman–Crippen LogP) is 3.52. The molecule has 3 aliphatic heterocycles. The van der Waals surface area contributed by atoms with Gasteiger partial charge in [0.2, 0.25) is 0 Å².